The Morgan fingerprint density at radius 3 is 2.52 bits per heavy atom. The largest absolute Gasteiger partial charge is 0.573 e. The lowest BCUT2D eigenvalue weighted by molar-refractivity contribution is -0.274. The van der Waals surface area contributed by atoms with Gasteiger partial charge in [-0.2, -0.15) is 0 Å². The molecule has 1 N–H and O–H groups in total. The van der Waals surface area contributed by atoms with Crippen molar-refractivity contribution in [2.45, 2.75) is 19.5 Å². The standard InChI is InChI=1S/C25H18F3N3O2/c26-25(27,28)33-20-11-9-19(10-12-20)31-15-18-6-2-8-21(22(18)24(31)32)30-14-17-5-1-4-16-7-3-13-29-23(16)17/h1-13,30H,14-15H2. The van der Waals surface area contributed by atoms with Gasteiger partial charge in [0, 0.05) is 29.5 Å². The fourth-order valence-electron chi connectivity index (χ4n) is 4.05. The minimum Gasteiger partial charge on any atom is -0.406 e. The lowest BCUT2D eigenvalue weighted by atomic mass is 10.1. The Bertz CT molecular complexity index is 1330. The summed E-state index contributed by atoms with van der Waals surface area (Å²) in [6.45, 7) is 0.820. The molecular weight excluding hydrogens is 431 g/mol. The molecule has 0 spiro atoms. The van der Waals surface area contributed by atoms with Crippen LogP contribution < -0.4 is 15.0 Å². The number of nitrogens with one attached hydrogen (secondary N) is 1. The van der Waals surface area contributed by atoms with Crippen molar-refractivity contribution in [3.63, 3.8) is 0 Å². The number of nitrogens with zero attached hydrogens (tertiary/aromatic N) is 2. The summed E-state index contributed by atoms with van der Waals surface area (Å²) >= 11 is 0. The van der Waals surface area contributed by atoms with Crippen LogP contribution >= 0.6 is 0 Å². The van der Waals surface area contributed by atoms with Crippen LogP contribution in [0.3, 0.4) is 0 Å². The van der Waals surface area contributed by atoms with E-state index in [0.717, 1.165) is 22.0 Å². The number of aromatic nitrogens is 1. The maximum atomic E-state index is 13.2. The second kappa shape index (κ2) is 8.12. The summed E-state index contributed by atoms with van der Waals surface area (Å²) in [5.74, 6) is -0.546. The van der Waals surface area contributed by atoms with Gasteiger partial charge in [0.1, 0.15) is 5.75 Å². The van der Waals surface area contributed by atoms with E-state index in [9.17, 15) is 18.0 Å². The SMILES string of the molecule is O=C1c2c(cccc2NCc2cccc3cccnc23)CN1c1ccc(OC(F)(F)F)cc1. The first-order valence-electron chi connectivity index (χ1n) is 10.2. The predicted molar refractivity (Wildman–Crippen MR) is 119 cm³/mol. The number of ether oxygens (including phenoxy) is 1. The number of benzene rings is 3. The third kappa shape index (κ3) is 4.19. The van der Waals surface area contributed by atoms with Gasteiger partial charge in [-0.3, -0.25) is 9.78 Å². The molecule has 1 aromatic heterocycles. The van der Waals surface area contributed by atoms with Gasteiger partial charge in [-0.05, 0) is 47.5 Å². The molecule has 1 aliphatic heterocycles. The minimum atomic E-state index is -4.76. The van der Waals surface area contributed by atoms with Crippen LogP contribution in [0.4, 0.5) is 24.5 Å². The molecule has 1 amide bonds. The molecule has 5 rings (SSSR count). The van der Waals surface area contributed by atoms with Gasteiger partial charge in [0.25, 0.3) is 5.91 Å². The third-order valence-corrected chi connectivity index (χ3v) is 5.51. The molecule has 0 saturated carbocycles. The molecule has 33 heavy (non-hydrogen) atoms. The van der Waals surface area contributed by atoms with Gasteiger partial charge in [0.2, 0.25) is 0 Å². The number of alkyl halides is 3. The fraction of sp³-hybridized carbons (Fsp3) is 0.120. The van der Waals surface area contributed by atoms with Crippen LogP contribution in [0.1, 0.15) is 21.5 Å². The van der Waals surface area contributed by atoms with Gasteiger partial charge in [-0.25, -0.2) is 0 Å². The van der Waals surface area contributed by atoms with Crippen LogP contribution in [0.15, 0.2) is 79.0 Å². The predicted octanol–water partition coefficient (Wildman–Crippen LogP) is 5.91. The molecule has 166 valence electrons. The van der Waals surface area contributed by atoms with Gasteiger partial charge < -0.3 is 15.0 Å². The number of pyridine rings is 1. The first kappa shape index (κ1) is 20.8. The van der Waals surface area contributed by atoms with Gasteiger partial charge in [0.05, 0.1) is 17.6 Å². The lowest BCUT2D eigenvalue weighted by Crippen LogP contribution is -2.23. The van der Waals surface area contributed by atoms with Gasteiger partial charge in [0.15, 0.2) is 0 Å². The number of anilines is 2. The van der Waals surface area contributed by atoms with Crippen LogP contribution in [-0.4, -0.2) is 17.3 Å². The molecule has 8 heteroatoms. The summed E-state index contributed by atoms with van der Waals surface area (Å²) in [6, 6.07) is 20.7. The molecule has 0 bridgehead atoms. The second-order valence-corrected chi connectivity index (χ2v) is 7.62. The van der Waals surface area contributed by atoms with Crippen LogP contribution in [-0.2, 0) is 13.1 Å². The molecule has 1 aliphatic rings. The first-order valence-corrected chi connectivity index (χ1v) is 10.2. The molecule has 0 aliphatic carbocycles. The zero-order valence-corrected chi connectivity index (χ0v) is 17.3. The number of hydrogen-bond acceptors (Lipinski definition) is 4. The number of carbonyl (C=O) groups is 1. The number of fused-ring (bicyclic) bond motifs is 2. The van der Waals surface area contributed by atoms with Crippen molar-refractivity contribution in [2.75, 3.05) is 10.2 Å². The highest BCUT2D eigenvalue weighted by Crippen LogP contribution is 2.34. The molecule has 5 nitrogen and oxygen atoms in total. The van der Waals surface area contributed by atoms with Gasteiger partial charge >= 0.3 is 6.36 Å². The summed E-state index contributed by atoms with van der Waals surface area (Å²) in [4.78, 5) is 19.2. The molecule has 4 aromatic rings. The third-order valence-electron chi connectivity index (χ3n) is 5.51. The monoisotopic (exact) mass is 449 g/mol. The summed E-state index contributed by atoms with van der Waals surface area (Å²) in [7, 11) is 0. The smallest absolute Gasteiger partial charge is 0.406 e. The molecule has 0 fully saturated rings. The van der Waals surface area contributed by atoms with Crippen molar-refractivity contribution in [3.8, 4) is 5.75 Å². The van der Waals surface area contributed by atoms with Crippen molar-refractivity contribution >= 4 is 28.2 Å². The first-order chi connectivity index (χ1) is 15.9. The lowest BCUT2D eigenvalue weighted by Gasteiger charge is -2.17. The number of halogens is 3. The Hall–Kier alpha value is -4.07. The van der Waals surface area contributed by atoms with Gasteiger partial charge in [-0.1, -0.05) is 36.4 Å². The average Bonchev–Trinajstić information content (AvgIpc) is 3.14. The molecule has 0 saturated heterocycles. The van der Waals surface area contributed by atoms with E-state index in [1.165, 1.54) is 29.2 Å². The molecule has 3 aromatic carbocycles. The number of carbonyl (C=O) groups excluding carboxylic acids is 1. The van der Waals surface area contributed by atoms with Gasteiger partial charge in [-0.15, -0.1) is 13.2 Å². The zero-order chi connectivity index (χ0) is 23.0. The zero-order valence-electron chi connectivity index (χ0n) is 17.3. The Balaban J connectivity index is 1.37. The molecule has 2 heterocycles. The Morgan fingerprint density at radius 2 is 1.73 bits per heavy atom. The van der Waals surface area contributed by atoms with E-state index < -0.39 is 6.36 Å². The number of rotatable bonds is 5. The average molecular weight is 449 g/mol. The van der Waals surface area contributed by atoms with Crippen molar-refractivity contribution in [3.05, 3.63) is 95.7 Å². The summed E-state index contributed by atoms with van der Waals surface area (Å²) in [5, 5.41) is 4.40. The highest BCUT2D eigenvalue weighted by Gasteiger charge is 2.33. The van der Waals surface area contributed by atoms with Crippen molar-refractivity contribution in [2.24, 2.45) is 0 Å². The Labute approximate surface area is 187 Å². The maximum Gasteiger partial charge on any atom is 0.573 e. The Kier molecular flexibility index (Phi) is 5.12. The normalized spacial score (nSPS) is 13.3. The minimum absolute atomic E-state index is 0.214. The summed E-state index contributed by atoms with van der Waals surface area (Å²) in [6.07, 6.45) is -3.01. The van der Waals surface area contributed by atoms with E-state index in [-0.39, 0.29) is 11.7 Å². The highest BCUT2D eigenvalue weighted by atomic mass is 19.4. The van der Waals surface area contributed by atoms with E-state index in [0.29, 0.717) is 30.0 Å². The summed E-state index contributed by atoms with van der Waals surface area (Å²) < 4.78 is 41.2. The number of para-hydroxylation sites is 1. The van der Waals surface area contributed by atoms with Crippen LogP contribution in [0.5, 0.6) is 5.75 Å². The number of hydrogen-bond donors (Lipinski definition) is 1. The van der Waals surface area contributed by atoms with Crippen LogP contribution in [0, 0.1) is 0 Å². The number of amides is 1. The highest BCUT2D eigenvalue weighted by molar-refractivity contribution is 6.13. The van der Waals surface area contributed by atoms with E-state index in [4.69, 9.17) is 0 Å². The van der Waals surface area contributed by atoms with Crippen molar-refractivity contribution in [1.82, 2.24) is 4.98 Å². The molecule has 0 unspecified atom stereocenters. The molecular formula is C25H18F3N3O2. The maximum absolute atomic E-state index is 13.2. The van der Waals surface area contributed by atoms with Crippen molar-refractivity contribution in [1.29, 1.82) is 0 Å². The van der Waals surface area contributed by atoms with E-state index in [1.54, 1.807) is 6.20 Å². The van der Waals surface area contributed by atoms with Crippen molar-refractivity contribution < 1.29 is 22.7 Å². The fourth-order valence-corrected chi connectivity index (χ4v) is 4.05. The van der Waals surface area contributed by atoms with E-state index in [1.807, 2.05) is 48.5 Å². The van der Waals surface area contributed by atoms with E-state index in [2.05, 4.69) is 15.0 Å². The quantitative estimate of drug-likeness (QED) is 0.412. The topological polar surface area (TPSA) is 54.5 Å². The molecule has 0 atom stereocenters. The molecule has 0 radical (unpaired) electrons. The van der Waals surface area contributed by atoms with Crippen LogP contribution in [0.25, 0.3) is 10.9 Å². The Morgan fingerprint density at radius 1 is 0.970 bits per heavy atom. The van der Waals surface area contributed by atoms with E-state index >= 15 is 0 Å². The summed E-state index contributed by atoms with van der Waals surface area (Å²) in [5.41, 5.74) is 4.50. The van der Waals surface area contributed by atoms with Crippen LogP contribution in [0.2, 0.25) is 0 Å². The second-order valence-electron chi connectivity index (χ2n) is 7.62.